The molecule has 0 N–H and O–H groups in total. The molecule has 0 unspecified atom stereocenters. The van der Waals surface area contributed by atoms with Crippen LogP contribution in [0.3, 0.4) is 0 Å². The highest BCUT2D eigenvalue weighted by Crippen LogP contribution is 2.26. The van der Waals surface area contributed by atoms with Crippen molar-refractivity contribution >= 4 is 33.7 Å². The predicted octanol–water partition coefficient (Wildman–Crippen LogP) is 4.08. The van der Waals surface area contributed by atoms with Gasteiger partial charge in [-0.25, -0.2) is 0 Å². The van der Waals surface area contributed by atoms with Crippen LogP contribution < -0.4 is 0 Å². The maximum Gasteiger partial charge on any atom is 0.316 e. The molecule has 0 radical (unpaired) electrons. The van der Waals surface area contributed by atoms with E-state index in [1.54, 1.807) is 0 Å². The van der Waals surface area contributed by atoms with Crippen molar-refractivity contribution in [2.75, 3.05) is 5.75 Å². The number of hydrogen-bond donors (Lipinski definition) is 0. The number of carbonyl (C=O) groups is 1. The van der Waals surface area contributed by atoms with Crippen molar-refractivity contribution < 1.29 is 18.5 Å². The molecule has 7 nitrogen and oxygen atoms in total. The second-order valence-electron chi connectivity index (χ2n) is 5.44. The van der Waals surface area contributed by atoms with Gasteiger partial charge in [-0.3, -0.25) is 4.79 Å². The number of carbonyl (C=O) groups excluding carboxylic acids is 1. The number of nitrogens with zero attached hydrogens (tertiary/aromatic N) is 3. The Bertz CT molecular complexity index is 890. The molecule has 0 bridgehead atoms. The summed E-state index contributed by atoms with van der Waals surface area (Å²) in [7, 11) is 0. The van der Waals surface area contributed by atoms with Gasteiger partial charge < -0.3 is 13.7 Å². The van der Waals surface area contributed by atoms with E-state index < -0.39 is 0 Å². The van der Waals surface area contributed by atoms with Gasteiger partial charge in [0.2, 0.25) is 5.89 Å². The highest BCUT2D eigenvalue weighted by molar-refractivity contribution is 9.10. The summed E-state index contributed by atoms with van der Waals surface area (Å²) in [6.07, 6.45) is 0. The molecule has 1 aromatic carbocycles. The lowest BCUT2D eigenvalue weighted by molar-refractivity contribution is -0.142. The van der Waals surface area contributed by atoms with E-state index in [4.69, 9.17) is 13.7 Å². The van der Waals surface area contributed by atoms with E-state index in [0.29, 0.717) is 11.6 Å². The number of halogens is 1. The van der Waals surface area contributed by atoms with Gasteiger partial charge in [-0.15, -0.1) is 22.0 Å². The number of ether oxygens (including phenoxy) is 1. The number of esters is 1. The minimum Gasteiger partial charge on any atom is -0.455 e. The molecule has 0 saturated heterocycles. The molecule has 3 aromatic rings. The first kappa shape index (κ1) is 18.7. The van der Waals surface area contributed by atoms with Crippen molar-refractivity contribution in [3.8, 4) is 11.5 Å². The van der Waals surface area contributed by atoms with Crippen LogP contribution >= 0.6 is 27.7 Å². The summed E-state index contributed by atoms with van der Waals surface area (Å²) in [5, 5.41) is 11.8. The first-order chi connectivity index (χ1) is 12.5. The molecule has 9 heteroatoms. The number of thioether (sulfide) groups is 1. The Labute approximate surface area is 162 Å². The van der Waals surface area contributed by atoms with Gasteiger partial charge in [-0.05, 0) is 41.9 Å². The highest BCUT2D eigenvalue weighted by Gasteiger charge is 2.14. The van der Waals surface area contributed by atoms with Crippen LogP contribution in [0, 0.1) is 13.8 Å². The lowest BCUT2D eigenvalue weighted by atomic mass is 10.2. The summed E-state index contributed by atoms with van der Waals surface area (Å²) >= 11 is 4.87. The molecule has 0 aliphatic heterocycles. The van der Waals surface area contributed by atoms with Crippen molar-refractivity contribution in [1.82, 2.24) is 15.4 Å². The van der Waals surface area contributed by atoms with E-state index in [2.05, 4.69) is 31.3 Å². The van der Waals surface area contributed by atoms with E-state index in [1.165, 1.54) is 11.8 Å². The minimum absolute atomic E-state index is 0.0534. The molecule has 0 spiro atoms. The molecule has 2 heterocycles. The Hall–Kier alpha value is -2.13. The van der Waals surface area contributed by atoms with Crippen molar-refractivity contribution in [3.05, 3.63) is 51.6 Å². The Morgan fingerprint density at radius 1 is 1.27 bits per heavy atom. The molecule has 0 fully saturated rings. The van der Waals surface area contributed by atoms with E-state index >= 15 is 0 Å². The molecule has 0 aliphatic rings. The molecule has 2 aromatic heterocycles. The zero-order valence-electron chi connectivity index (χ0n) is 14.2. The monoisotopic (exact) mass is 437 g/mol. The van der Waals surface area contributed by atoms with Crippen LogP contribution in [0.2, 0.25) is 0 Å². The lowest BCUT2D eigenvalue weighted by Crippen LogP contribution is -2.07. The Balaban J connectivity index is 1.47. The molecular weight excluding hydrogens is 422 g/mol. The summed E-state index contributed by atoms with van der Waals surface area (Å²) in [6.45, 7) is 3.68. The molecule has 0 atom stereocenters. The second-order valence-corrected chi connectivity index (χ2v) is 7.28. The Kier molecular flexibility index (Phi) is 6.10. The molecule has 0 aliphatic carbocycles. The smallest absolute Gasteiger partial charge is 0.316 e. The van der Waals surface area contributed by atoms with E-state index in [9.17, 15) is 4.79 Å². The van der Waals surface area contributed by atoms with Gasteiger partial charge in [0, 0.05) is 15.8 Å². The molecule has 0 amide bonds. The zero-order valence-corrected chi connectivity index (χ0v) is 16.6. The second kappa shape index (κ2) is 8.50. The summed E-state index contributed by atoms with van der Waals surface area (Å²) in [5.41, 5.74) is 2.64. The lowest BCUT2D eigenvalue weighted by Gasteiger charge is -2.02. The van der Waals surface area contributed by atoms with Crippen LogP contribution in [0.5, 0.6) is 0 Å². The van der Waals surface area contributed by atoms with E-state index in [1.807, 2.05) is 38.1 Å². The average Bonchev–Trinajstić information content (AvgIpc) is 3.22. The summed E-state index contributed by atoms with van der Waals surface area (Å²) in [4.78, 5) is 11.9. The SMILES string of the molecule is Cc1noc(C)c1CSCC(=O)OCc1nnc(-c2ccccc2Br)o1. The molecule has 0 saturated carbocycles. The van der Waals surface area contributed by atoms with Crippen molar-refractivity contribution in [2.24, 2.45) is 0 Å². The van der Waals surface area contributed by atoms with Crippen LogP contribution in [-0.2, 0) is 21.9 Å². The first-order valence-electron chi connectivity index (χ1n) is 7.77. The number of aryl methyl sites for hydroxylation is 2. The first-order valence-corrected chi connectivity index (χ1v) is 9.71. The van der Waals surface area contributed by atoms with Crippen LogP contribution in [0.4, 0.5) is 0 Å². The fourth-order valence-corrected chi connectivity index (χ4v) is 3.61. The third-order valence-corrected chi connectivity index (χ3v) is 5.20. The average molecular weight is 438 g/mol. The molecular formula is C17H16BrN3O4S. The van der Waals surface area contributed by atoms with Crippen LogP contribution in [0.15, 0.2) is 37.7 Å². The molecule has 26 heavy (non-hydrogen) atoms. The highest BCUT2D eigenvalue weighted by atomic mass is 79.9. The van der Waals surface area contributed by atoms with Gasteiger partial charge in [0.05, 0.1) is 17.0 Å². The van der Waals surface area contributed by atoms with Crippen molar-refractivity contribution in [3.63, 3.8) is 0 Å². The molecule has 136 valence electrons. The Morgan fingerprint density at radius 2 is 2.08 bits per heavy atom. The Morgan fingerprint density at radius 3 is 2.81 bits per heavy atom. The van der Waals surface area contributed by atoms with Crippen LogP contribution in [0.25, 0.3) is 11.5 Å². The van der Waals surface area contributed by atoms with Gasteiger partial charge in [0.1, 0.15) is 5.76 Å². The normalized spacial score (nSPS) is 10.9. The maximum atomic E-state index is 11.9. The van der Waals surface area contributed by atoms with Gasteiger partial charge >= 0.3 is 5.97 Å². The minimum atomic E-state index is -0.345. The van der Waals surface area contributed by atoms with E-state index in [-0.39, 0.29) is 24.2 Å². The fourth-order valence-electron chi connectivity index (χ4n) is 2.18. The van der Waals surface area contributed by atoms with Crippen molar-refractivity contribution in [1.29, 1.82) is 0 Å². The number of benzene rings is 1. The molecule has 3 rings (SSSR count). The van der Waals surface area contributed by atoms with Gasteiger partial charge in [-0.2, -0.15) is 0 Å². The predicted molar refractivity (Wildman–Crippen MR) is 99.4 cm³/mol. The third kappa shape index (κ3) is 4.53. The van der Waals surface area contributed by atoms with Gasteiger partial charge in [0.15, 0.2) is 6.61 Å². The topological polar surface area (TPSA) is 91.2 Å². The quantitative estimate of drug-likeness (QED) is 0.510. The largest absolute Gasteiger partial charge is 0.455 e. The van der Waals surface area contributed by atoms with Gasteiger partial charge in [0.25, 0.3) is 5.89 Å². The number of hydrogen-bond acceptors (Lipinski definition) is 8. The summed E-state index contributed by atoms with van der Waals surface area (Å²) in [6, 6.07) is 7.52. The fraction of sp³-hybridized carbons (Fsp3) is 0.294. The van der Waals surface area contributed by atoms with Crippen LogP contribution in [0.1, 0.15) is 22.9 Å². The van der Waals surface area contributed by atoms with Crippen LogP contribution in [-0.4, -0.2) is 27.1 Å². The summed E-state index contributed by atoms with van der Waals surface area (Å²) < 4.78 is 16.7. The third-order valence-electron chi connectivity index (χ3n) is 3.58. The number of aromatic nitrogens is 3. The van der Waals surface area contributed by atoms with Gasteiger partial charge in [-0.1, -0.05) is 17.3 Å². The zero-order chi connectivity index (χ0) is 18.5. The maximum absolute atomic E-state index is 11.9. The van der Waals surface area contributed by atoms with E-state index in [0.717, 1.165) is 27.1 Å². The van der Waals surface area contributed by atoms with Crippen molar-refractivity contribution in [2.45, 2.75) is 26.2 Å². The standard InChI is InChI=1S/C17H16BrN3O4S/c1-10-13(11(2)25-21-10)8-26-9-16(22)23-7-15-19-20-17(24-15)12-5-3-4-6-14(12)18/h3-6H,7-9H2,1-2H3. The number of rotatable bonds is 7. The summed E-state index contributed by atoms with van der Waals surface area (Å²) in [5.74, 6) is 1.91.